The van der Waals surface area contributed by atoms with Gasteiger partial charge >= 0.3 is 0 Å². The molecule has 2 aromatic carbocycles. The van der Waals surface area contributed by atoms with Gasteiger partial charge in [-0.05, 0) is 74.6 Å². The van der Waals surface area contributed by atoms with Crippen LogP contribution < -0.4 is 14.9 Å². The van der Waals surface area contributed by atoms with Gasteiger partial charge in [0.1, 0.15) is 18.1 Å². The summed E-state index contributed by atoms with van der Waals surface area (Å²) in [5, 5.41) is 4.32. The first-order valence-corrected chi connectivity index (χ1v) is 10.0. The maximum absolute atomic E-state index is 12.3. The van der Waals surface area contributed by atoms with E-state index < -0.39 is 0 Å². The highest BCUT2D eigenvalue weighted by Gasteiger charge is 2.08. The van der Waals surface area contributed by atoms with Crippen LogP contribution in [0.1, 0.15) is 61.4 Å². The van der Waals surface area contributed by atoms with E-state index in [2.05, 4.69) is 10.5 Å². The molecule has 1 amide bonds. The lowest BCUT2D eigenvalue weighted by Crippen LogP contribution is -2.19. The first-order chi connectivity index (χ1) is 13.7. The molecule has 1 fully saturated rings. The summed E-state index contributed by atoms with van der Waals surface area (Å²) in [7, 11) is 0. The Morgan fingerprint density at radius 2 is 1.50 bits per heavy atom. The van der Waals surface area contributed by atoms with Crippen LogP contribution in [-0.2, 0) is 6.61 Å². The third-order valence-electron chi connectivity index (χ3n) is 4.75. The molecule has 0 spiro atoms. The first-order valence-electron chi connectivity index (χ1n) is 10.0. The van der Waals surface area contributed by atoms with Crippen LogP contribution in [0.25, 0.3) is 0 Å². The van der Waals surface area contributed by atoms with Gasteiger partial charge in [0.05, 0.1) is 6.61 Å². The smallest absolute Gasteiger partial charge is 0.271 e. The molecular formula is C23H28N2O3. The third-order valence-corrected chi connectivity index (χ3v) is 4.75. The second-order valence-electron chi connectivity index (χ2n) is 6.92. The van der Waals surface area contributed by atoms with Crippen molar-refractivity contribution in [3.8, 4) is 11.5 Å². The van der Waals surface area contributed by atoms with E-state index in [4.69, 9.17) is 9.47 Å². The molecule has 0 bridgehead atoms. The van der Waals surface area contributed by atoms with Gasteiger partial charge in [-0.1, -0.05) is 25.0 Å². The number of nitrogens with one attached hydrogen (secondary N) is 1. The van der Waals surface area contributed by atoms with Crippen molar-refractivity contribution in [3.05, 3.63) is 59.7 Å². The molecule has 1 saturated carbocycles. The molecule has 0 saturated heterocycles. The average molecular weight is 380 g/mol. The molecule has 5 heteroatoms. The van der Waals surface area contributed by atoms with Gasteiger partial charge in [-0.2, -0.15) is 5.10 Å². The molecular weight excluding hydrogens is 352 g/mol. The van der Waals surface area contributed by atoms with E-state index in [-0.39, 0.29) is 5.91 Å². The number of hydrogen-bond donors (Lipinski definition) is 1. The second-order valence-corrected chi connectivity index (χ2v) is 6.92. The largest absolute Gasteiger partial charge is 0.494 e. The van der Waals surface area contributed by atoms with Gasteiger partial charge in [0.15, 0.2) is 0 Å². The van der Waals surface area contributed by atoms with Crippen LogP contribution in [0, 0.1) is 0 Å². The lowest BCUT2D eigenvalue weighted by molar-refractivity contribution is 0.0954. The van der Waals surface area contributed by atoms with E-state index in [0.717, 1.165) is 48.5 Å². The van der Waals surface area contributed by atoms with Crippen molar-refractivity contribution in [1.29, 1.82) is 0 Å². The van der Waals surface area contributed by atoms with E-state index in [1.165, 1.54) is 12.8 Å². The summed E-state index contributed by atoms with van der Waals surface area (Å²) in [5.74, 6) is 1.44. The quantitative estimate of drug-likeness (QED) is 0.537. The summed E-state index contributed by atoms with van der Waals surface area (Å²) < 4.78 is 11.2. The fourth-order valence-corrected chi connectivity index (χ4v) is 3.16. The van der Waals surface area contributed by atoms with Crippen LogP contribution in [0.5, 0.6) is 11.5 Å². The number of ether oxygens (including phenoxy) is 2. The van der Waals surface area contributed by atoms with Crippen LogP contribution in [-0.4, -0.2) is 18.2 Å². The number of hydrogen-bond acceptors (Lipinski definition) is 4. The number of carbonyl (C=O) groups is 1. The van der Waals surface area contributed by atoms with E-state index in [1.54, 1.807) is 12.1 Å². The summed E-state index contributed by atoms with van der Waals surface area (Å²) in [6, 6.07) is 15.0. The normalized spacial score (nSPS) is 14.1. The van der Waals surface area contributed by atoms with Crippen LogP contribution in [0.15, 0.2) is 53.6 Å². The highest BCUT2D eigenvalue weighted by molar-refractivity contribution is 5.95. The highest BCUT2D eigenvalue weighted by atomic mass is 16.5. The first kappa shape index (κ1) is 19.9. The minimum absolute atomic E-state index is 0.171. The fraction of sp³-hybridized carbons (Fsp3) is 0.391. The molecule has 148 valence electrons. The van der Waals surface area contributed by atoms with Crippen molar-refractivity contribution in [1.82, 2.24) is 5.43 Å². The van der Waals surface area contributed by atoms with Crippen LogP contribution in [0.4, 0.5) is 0 Å². The van der Waals surface area contributed by atoms with Crippen molar-refractivity contribution in [2.45, 2.75) is 52.1 Å². The maximum Gasteiger partial charge on any atom is 0.271 e. The fourth-order valence-electron chi connectivity index (χ4n) is 3.16. The summed E-state index contributed by atoms with van der Waals surface area (Å²) in [4.78, 5) is 12.3. The highest BCUT2D eigenvalue weighted by Crippen LogP contribution is 2.19. The molecule has 1 N–H and O–H groups in total. The molecule has 1 aliphatic rings. The lowest BCUT2D eigenvalue weighted by Gasteiger charge is -2.08. The maximum atomic E-state index is 12.3. The summed E-state index contributed by atoms with van der Waals surface area (Å²) >= 11 is 0. The van der Waals surface area contributed by atoms with E-state index in [0.29, 0.717) is 18.8 Å². The third kappa shape index (κ3) is 6.12. The summed E-state index contributed by atoms with van der Waals surface area (Å²) in [6.45, 7) is 3.05. The minimum Gasteiger partial charge on any atom is -0.494 e. The van der Waals surface area contributed by atoms with Gasteiger partial charge in [0.2, 0.25) is 0 Å². The Morgan fingerprint density at radius 3 is 2.11 bits per heavy atom. The van der Waals surface area contributed by atoms with E-state index in [1.807, 2.05) is 43.3 Å². The zero-order chi connectivity index (χ0) is 19.6. The van der Waals surface area contributed by atoms with Gasteiger partial charge in [-0.15, -0.1) is 0 Å². The topological polar surface area (TPSA) is 59.9 Å². The minimum atomic E-state index is -0.171. The van der Waals surface area contributed by atoms with Gasteiger partial charge in [-0.3, -0.25) is 4.79 Å². The molecule has 0 aromatic heterocycles. The summed E-state index contributed by atoms with van der Waals surface area (Å²) in [6.07, 6.45) is 6.82. The van der Waals surface area contributed by atoms with Crippen molar-refractivity contribution in [3.63, 3.8) is 0 Å². The molecule has 0 atom stereocenters. The van der Waals surface area contributed by atoms with Crippen LogP contribution in [0.3, 0.4) is 0 Å². The van der Waals surface area contributed by atoms with Gasteiger partial charge in [0, 0.05) is 11.3 Å². The molecule has 0 aliphatic heterocycles. The average Bonchev–Trinajstić information content (AvgIpc) is 3.01. The molecule has 1 aliphatic carbocycles. The molecule has 0 unspecified atom stereocenters. The molecule has 0 radical (unpaired) electrons. The lowest BCUT2D eigenvalue weighted by atomic mass is 10.1. The molecule has 2 aromatic rings. The SMILES string of the molecule is CCOc1ccc(OCc2ccc(C(=O)NN=C3CCCCCC3)cc2)cc1. The van der Waals surface area contributed by atoms with Gasteiger partial charge in [-0.25, -0.2) is 5.43 Å². The van der Waals surface area contributed by atoms with E-state index >= 15 is 0 Å². The predicted molar refractivity (Wildman–Crippen MR) is 111 cm³/mol. The second kappa shape index (κ2) is 10.5. The number of amides is 1. The standard InChI is InChI=1S/C23H28N2O3/c1-2-27-21-13-15-22(16-14-21)28-17-18-9-11-19(12-10-18)23(26)25-24-20-7-5-3-4-6-8-20/h9-16H,2-8,17H2,1H3,(H,25,26). The number of nitrogens with zero attached hydrogens (tertiary/aromatic N) is 1. The number of benzene rings is 2. The van der Waals surface area contributed by atoms with Crippen molar-refractivity contribution in [2.24, 2.45) is 5.10 Å². The zero-order valence-electron chi connectivity index (χ0n) is 16.4. The van der Waals surface area contributed by atoms with Gasteiger partial charge in [0.25, 0.3) is 5.91 Å². The predicted octanol–water partition coefficient (Wildman–Crippen LogP) is 5.10. The van der Waals surface area contributed by atoms with Crippen molar-refractivity contribution in [2.75, 3.05) is 6.61 Å². The Hall–Kier alpha value is -2.82. The van der Waals surface area contributed by atoms with Crippen LogP contribution >= 0.6 is 0 Å². The molecule has 0 heterocycles. The Kier molecular flexibility index (Phi) is 7.47. The van der Waals surface area contributed by atoms with Crippen LogP contribution in [0.2, 0.25) is 0 Å². The van der Waals surface area contributed by atoms with E-state index in [9.17, 15) is 4.79 Å². The molecule has 3 rings (SSSR count). The van der Waals surface area contributed by atoms with Crippen molar-refractivity contribution < 1.29 is 14.3 Å². The monoisotopic (exact) mass is 380 g/mol. The Balaban J connectivity index is 1.49. The number of rotatable bonds is 7. The van der Waals surface area contributed by atoms with Crippen molar-refractivity contribution >= 4 is 11.6 Å². The molecule has 28 heavy (non-hydrogen) atoms. The number of carbonyl (C=O) groups excluding carboxylic acids is 1. The Morgan fingerprint density at radius 1 is 0.893 bits per heavy atom. The number of hydrazone groups is 1. The molecule has 5 nitrogen and oxygen atoms in total. The summed E-state index contributed by atoms with van der Waals surface area (Å²) in [5.41, 5.74) is 5.40. The zero-order valence-corrected chi connectivity index (χ0v) is 16.4. The van der Waals surface area contributed by atoms with Gasteiger partial charge < -0.3 is 9.47 Å². The Labute approximate surface area is 166 Å². The Bertz CT molecular complexity index is 772.